The second-order valence-corrected chi connectivity index (χ2v) is 11.0. The number of benzene rings is 3. The van der Waals surface area contributed by atoms with Crippen molar-refractivity contribution in [2.75, 3.05) is 0 Å². The molecule has 7 heteroatoms. The molecule has 0 aliphatic carbocycles. The third-order valence-electron chi connectivity index (χ3n) is 6.41. The lowest BCUT2D eigenvalue weighted by molar-refractivity contribution is -0.133. The van der Waals surface area contributed by atoms with Crippen molar-refractivity contribution in [1.29, 1.82) is 0 Å². The van der Waals surface area contributed by atoms with Crippen molar-refractivity contribution in [3.63, 3.8) is 0 Å². The highest BCUT2D eigenvalue weighted by molar-refractivity contribution is 7.89. The average Bonchev–Trinajstić information content (AvgIpc) is 2.83. The van der Waals surface area contributed by atoms with E-state index in [1.807, 2.05) is 31.2 Å². The lowest BCUT2D eigenvalue weighted by atomic mass is 9.88. The average molecular weight is 494 g/mol. The van der Waals surface area contributed by atoms with Gasteiger partial charge in [-0.05, 0) is 60.2 Å². The highest BCUT2D eigenvalue weighted by atomic mass is 32.2. The van der Waals surface area contributed by atoms with E-state index in [1.54, 1.807) is 24.3 Å². The molecule has 2 atom stereocenters. The molecule has 3 aromatic rings. The van der Waals surface area contributed by atoms with Gasteiger partial charge in [-0.25, -0.2) is 17.6 Å². The summed E-state index contributed by atoms with van der Waals surface area (Å²) in [5.41, 5.74) is 2.92. The molecule has 1 N–H and O–H groups in total. The molecule has 0 radical (unpaired) electrons. The molecule has 0 amide bonds. The first-order valence-corrected chi connectivity index (χ1v) is 12.9. The van der Waals surface area contributed by atoms with Crippen LogP contribution < -0.4 is 0 Å². The molecule has 182 valence electrons. The van der Waals surface area contributed by atoms with Crippen LogP contribution in [0.3, 0.4) is 0 Å². The van der Waals surface area contributed by atoms with E-state index in [0.717, 1.165) is 16.7 Å². The molecule has 35 heavy (non-hydrogen) atoms. The predicted octanol–water partition coefficient (Wildman–Crippen LogP) is 6.15. The van der Waals surface area contributed by atoms with E-state index in [0.29, 0.717) is 5.92 Å². The Kier molecular flexibility index (Phi) is 6.92. The standard InChI is InChI=1S/C28H28FNO4S/c1-18(2)20-9-11-21(12-10-20)26-16-15-25(28(31)32)27(22-5-4-6-23(29)17-22)30(26)35(33,34)24-13-7-19(3)8-14-24/h4-15,17-18,26-27H,16H2,1-3H3,(H,31,32)/t26-,27-/m0/s1. The Labute approximate surface area is 205 Å². The maximum absolute atomic E-state index is 14.2. The zero-order valence-electron chi connectivity index (χ0n) is 19.9. The van der Waals surface area contributed by atoms with Crippen molar-refractivity contribution >= 4 is 16.0 Å². The van der Waals surface area contributed by atoms with Crippen LogP contribution in [0.1, 0.15) is 60.5 Å². The first-order valence-electron chi connectivity index (χ1n) is 11.5. The first-order chi connectivity index (χ1) is 16.6. The van der Waals surface area contributed by atoms with Crippen molar-refractivity contribution in [2.45, 2.75) is 50.1 Å². The van der Waals surface area contributed by atoms with Gasteiger partial charge in [-0.2, -0.15) is 4.31 Å². The molecule has 1 aliphatic rings. The number of carboxylic acids is 1. The smallest absolute Gasteiger partial charge is 0.333 e. The van der Waals surface area contributed by atoms with Crippen LogP contribution in [-0.4, -0.2) is 23.8 Å². The summed E-state index contributed by atoms with van der Waals surface area (Å²) in [6.45, 7) is 6.01. The van der Waals surface area contributed by atoms with Crippen molar-refractivity contribution < 1.29 is 22.7 Å². The monoisotopic (exact) mass is 493 g/mol. The van der Waals surface area contributed by atoms with Crippen LogP contribution in [0.15, 0.2) is 89.3 Å². The minimum Gasteiger partial charge on any atom is -0.478 e. The second kappa shape index (κ2) is 9.76. The molecule has 1 aliphatic heterocycles. The lowest BCUT2D eigenvalue weighted by Gasteiger charge is -2.40. The third kappa shape index (κ3) is 4.92. The van der Waals surface area contributed by atoms with Gasteiger partial charge in [0.15, 0.2) is 0 Å². The Bertz CT molecular complexity index is 1360. The van der Waals surface area contributed by atoms with Gasteiger partial charge >= 0.3 is 5.97 Å². The van der Waals surface area contributed by atoms with E-state index in [4.69, 9.17) is 0 Å². The van der Waals surface area contributed by atoms with Gasteiger partial charge in [-0.1, -0.05) is 74.0 Å². The first kappa shape index (κ1) is 24.8. The molecule has 3 aromatic carbocycles. The minimum absolute atomic E-state index is 0.0555. The number of aliphatic carboxylic acids is 1. The molecular formula is C28H28FNO4S. The van der Waals surface area contributed by atoms with Crippen LogP contribution in [0.2, 0.25) is 0 Å². The SMILES string of the molecule is Cc1ccc(S(=O)(=O)N2[C@@H](c3cccc(F)c3)C(C(=O)O)=CC[C@H]2c2ccc(C(C)C)cc2)cc1. The number of hydrogen-bond acceptors (Lipinski definition) is 3. The number of carboxylic acid groups (broad SMARTS) is 1. The van der Waals surface area contributed by atoms with Crippen molar-refractivity contribution in [2.24, 2.45) is 0 Å². The van der Waals surface area contributed by atoms with Crippen molar-refractivity contribution in [1.82, 2.24) is 4.31 Å². The summed E-state index contributed by atoms with van der Waals surface area (Å²) in [5, 5.41) is 10.0. The molecule has 0 aromatic heterocycles. The van der Waals surface area contributed by atoms with Gasteiger partial charge in [0.2, 0.25) is 10.0 Å². The van der Waals surface area contributed by atoms with Gasteiger partial charge in [0, 0.05) is 0 Å². The minimum atomic E-state index is -4.17. The van der Waals surface area contributed by atoms with Gasteiger partial charge in [0.1, 0.15) is 5.82 Å². The topological polar surface area (TPSA) is 74.7 Å². The molecule has 0 fully saturated rings. The molecule has 1 heterocycles. The van der Waals surface area contributed by atoms with E-state index >= 15 is 0 Å². The number of hydrogen-bond donors (Lipinski definition) is 1. The van der Waals surface area contributed by atoms with E-state index in [-0.39, 0.29) is 22.5 Å². The normalized spacial score (nSPS) is 18.9. The third-order valence-corrected chi connectivity index (χ3v) is 8.30. The summed E-state index contributed by atoms with van der Waals surface area (Å²) < 4.78 is 43.7. The summed E-state index contributed by atoms with van der Waals surface area (Å²) in [4.78, 5) is 12.3. The number of halogens is 1. The molecule has 5 nitrogen and oxygen atoms in total. The number of sulfonamides is 1. The van der Waals surface area contributed by atoms with E-state index in [1.165, 1.54) is 34.6 Å². The molecule has 0 spiro atoms. The van der Waals surface area contributed by atoms with Crippen molar-refractivity contribution in [3.05, 3.63) is 113 Å². The summed E-state index contributed by atoms with van der Waals surface area (Å²) in [6, 6.07) is 17.7. The van der Waals surface area contributed by atoms with Gasteiger partial charge in [0.05, 0.1) is 22.6 Å². The van der Waals surface area contributed by atoms with Crippen molar-refractivity contribution in [3.8, 4) is 0 Å². The van der Waals surface area contributed by atoms with Crippen LogP contribution in [0.5, 0.6) is 0 Å². The van der Waals surface area contributed by atoms with Crippen LogP contribution in [0.25, 0.3) is 0 Å². The Hall–Kier alpha value is -3.29. The maximum atomic E-state index is 14.2. The van der Waals surface area contributed by atoms with Gasteiger partial charge in [0.25, 0.3) is 0 Å². The number of nitrogens with zero attached hydrogens (tertiary/aromatic N) is 1. The largest absolute Gasteiger partial charge is 0.478 e. The zero-order valence-corrected chi connectivity index (χ0v) is 20.7. The van der Waals surface area contributed by atoms with Gasteiger partial charge in [-0.3, -0.25) is 0 Å². The Morgan fingerprint density at radius 3 is 2.23 bits per heavy atom. The summed E-state index contributed by atoms with van der Waals surface area (Å²) in [5.74, 6) is -1.50. The highest BCUT2D eigenvalue weighted by Gasteiger charge is 2.44. The molecular weight excluding hydrogens is 465 g/mol. The summed E-state index contributed by atoms with van der Waals surface area (Å²) in [6.07, 6.45) is 1.74. The predicted molar refractivity (Wildman–Crippen MR) is 133 cm³/mol. The zero-order chi connectivity index (χ0) is 25.3. The fourth-order valence-corrected chi connectivity index (χ4v) is 6.28. The Morgan fingerprint density at radius 1 is 1.00 bits per heavy atom. The van der Waals surface area contributed by atoms with Gasteiger partial charge < -0.3 is 5.11 Å². The van der Waals surface area contributed by atoms with E-state index in [9.17, 15) is 22.7 Å². The summed E-state index contributed by atoms with van der Waals surface area (Å²) >= 11 is 0. The number of rotatable bonds is 6. The van der Waals surface area contributed by atoms with Crippen LogP contribution in [-0.2, 0) is 14.8 Å². The molecule has 0 unspecified atom stereocenters. The highest BCUT2D eigenvalue weighted by Crippen LogP contribution is 2.45. The second-order valence-electron chi connectivity index (χ2n) is 9.14. The number of aryl methyl sites for hydroxylation is 1. The molecule has 0 saturated heterocycles. The van der Waals surface area contributed by atoms with Crippen LogP contribution in [0.4, 0.5) is 4.39 Å². The Balaban J connectivity index is 1.95. The van der Waals surface area contributed by atoms with E-state index in [2.05, 4.69) is 13.8 Å². The molecule has 0 bridgehead atoms. The van der Waals surface area contributed by atoms with Crippen LogP contribution >= 0.6 is 0 Å². The molecule has 0 saturated carbocycles. The summed E-state index contributed by atoms with van der Waals surface area (Å²) in [7, 11) is -4.17. The fraction of sp³-hybridized carbons (Fsp3) is 0.250. The fourth-order valence-electron chi connectivity index (χ4n) is 4.50. The Morgan fingerprint density at radius 2 is 1.66 bits per heavy atom. The van der Waals surface area contributed by atoms with Crippen LogP contribution in [0, 0.1) is 12.7 Å². The maximum Gasteiger partial charge on any atom is 0.333 e. The molecule has 4 rings (SSSR count). The quantitative estimate of drug-likeness (QED) is 0.447. The number of carbonyl (C=O) groups is 1. The lowest BCUT2D eigenvalue weighted by Crippen LogP contribution is -2.42. The van der Waals surface area contributed by atoms with Gasteiger partial charge in [-0.15, -0.1) is 0 Å². The van der Waals surface area contributed by atoms with E-state index < -0.39 is 33.9 Å².